The second-order valence-corrected chi connectivity index (χ2v) is 5.30. The summed E-state index contributed by atoms with van der Waals surface area (Å²) in [6, 6.07) is 5.28. The monoisotopic (exact) mass is 304 g/mol. The first-order chi connectivity index (χ1) is 8.90. The average Bonchev–Trinajstić information content (AvgIpc) is 2.29. The van der Waals surface area contributed by atoms with Gasteiger partial charge in [0.15, 0.2) is 0 Å². The van der Waals surface area contributed by atoms with Gasteiger partial charge < -0.3 is 10.5 Å². The molecule has 0 aliphatic heterocycles. The minimum absolute atomic E-state index is 0.218. The molecule has 0 heterocycles. The predicted octanol–water partition coefficient (Wildman–Crippen LogP) is 2.57. The molecule has 0 fully saturated rings. The van der Waals surface area contributed by atoms with Gasteiger partial charge in [0, 0.05) is 17.6 Å². The molecule has 1 aromatic carbocycles. The average molecular weight is 305 g/mol. The minimum Gasteiger partial charge on any atom is -0.491 e. The first kappa shape index (κ1) is 16.1. The molecule has 0 spiro atoms. The van der Waals surface area contributed by atoms with Crippen LogP contribution in [-0.2, 0) is 4.79 Å². The number of halogens is 2. The van der Waals surface area contributed by atoms with Crippen molar-refractivity contribution in [3.05, 3.63) is 28.2 Å². The molecule has 19 heavy (non-hydrogen) atoms. The van der Waals surface area contributed by atoms with E-state index in [9.17, 15) is 4.79 Å². The highest BCUT2D eigenvalue weighted by Crippen LogP contribution is 2.27. The van der Waals surface area contributed by atoms with Crippen molar-refractivity contribution in [1.82, 2.24) is 4.90 Å². The Morgan fingerprint density at radius 1 is 1.42 bits per heavy atom. The minimum atomic E-state index is -0.349. The van der Waals surface area contributed by atoms with E-state index in [0.717, 1.165) is 0 Å². The summed E-state index contributed by atoms with van der Waals surface area (Å²) in [6.07, 6.45) is 0. The number of amides is 1. The first-order valence-electron chi connectivity index (χ1n) is 6.00. The summed E-state index contributed by atoms with van der Waals surface area (Å²) in [7, 11) is 0. The Labute approximate surface area is 123 Å². The van der Waals surface area contributed by atoms with Crippen LogP contribution in [0.15, 0.2) is 18.2 Å². The van der Waals surface area contributed by atoms with E-state index in [1.54, 1.807) is 18.2 Å². The number of hydrogen-bond donors (Lipinski definition) is 1. The van der Waals surface area contributed by atoms with Crippen molar-refractivity contribution in [2.45, 2.75) is 19.9 Å². The number of rotatable bonds is 7. The number of carbonyl (C=O) groups is 1. The van der Waals surface area contributed by atoms with Gasteiger partial charge >= 0.3 is 0 Å². The van der Waals surface area contributed by atoms with Gasteiger partial charge in [-0.3, -0.25) is 9.69 Å². The maximum absolute atomic E-state index is 10.9. The van der Waals surface area contributed by atoms with Crippen LogP contribution in [0.4, 0.5) is 0 Å². The molecule has 1 amide bonds. The zero-order chi connectivity index (χ0) is 14.4. The smallest absolute Gasteiger partial charge is 0.231 e. The van der Waals surface area contributed by atoms with E-state index in [-0.39, 0.29) is 18.5 Å². The molecule has 1 rings (SSSR count). The van der Waals surface area contributed by atoms with Gasteiger partial charge in [0.2, 0.25) is 5.91 Å². The van der Waals surface area contributed by atoms with E-state index in [0.29, 0.717) is 28.9 Å². The molecule has 0 bridgehead atoms. The molecule has 106 valence electrons. The molecule has 4 nitrogen and oxygen atoms in total. The van der Waals surface area contributed by atoms with Crippen molar-refractivity contribution < 1.29 is 9.53 Å². The van der Waals surface area contributed by atoms with Crippen molar-refractivity contribution >= 4 is 29.1 Å². The molecule has 0 aromatic heterocycles. The Morgan fingerprint density at radius 2 is 2.11 bits per heavy atom. The fraction of sp³-hybridized carbons (Fsp3) is 0.462. The molecule has 6 heteroatoms. The Bertz CT molecular complexity index is 439. The lowest BCUT2D eigenvalue weighted by Crippen LogP contribution is -2.40. The molecule has 0 aliphatic rings. The maximum atomic E-state index is 10.9. The van der Waals surface area contributed by atoms with Crippen LogP contribution in [0.3, 0.4) is 0 Å². The second-order valence-electron chi connectivity index (χ2n) is 4.45. The molecule has 0 radical (unpaired) electrons. The summed E-state index contributed by atoms with van der Waals surface area (Å²) >= 11 is 11.8. The molecule has 0 saturated heterocycles. The van der Waals surface area contributed by atoms with Crippen LogP contribution >= 0.6 is 23.2 Å². The number of primary amides is 1. The van der Waals surface area contributed by atoms with Gasteiger partial charge in [-0.25, -0.2) is 0 Å². The SMILES string of the molecule is CC(C)N(CCOc1ccc(Cl)cc1Cl)CC(N)=O. The Morgan fingerprint density at radius 3 is 2.63 bits per heavy atom. The van der Waals surface area contributed by atoms with Gasteiger partial charge in [-0.05, 0) is 32.0 Å². The van der Waals surface area contributed by atoms with E-state index in [1.807, 2.05) is 18.7 Å². The third kappa shape index (κ3) is 5.68. The highest BCUT2D eigenvalue weighted by atomic mass is 35.5. The standard InChI is InChI=1S/C13H18Cl2N2O2/c1-9(2)17(8-13(16)18)5-6-19-12-4-3-10(14)7-11(12)15/h3-4,7,9H,5-6,8H2,1-2H3,(H2,16,18). The first-order valence-corrected chi connectivity index (χ1v) is 6.76. The van der Waals surface area contributed by atoms with Crippen LogP contribution < -0.4 is 10.5 Å². The van der Waals surface area contributed by atoms with Crippen molar-refractivity contribution in [2.24, 2.45) is 5.73 Å². The van der Waals surface area contributed by atoms with Gasteiger partial charge in [-0.2, -0.15) is 0 Å². The molecule has 2 N–H and O–H groups in total. The van der Waals surface area contributed by atoms with E-state index in [1.165, 1.54) is 0 Å². The number of hydrogen-bond acceptors (Lipinski definition) is 3. The van der Waals surface area contributed by atoms with E-state index >= 15 is 0 Å². The molecule has 0 atom stereocenters. The highest BCUT2D eigenvalue weighted by Gasteiger charge is 2.12. The zero-order valence-corrected chi connectivity index (χ0v) is 12.5. The highest BCUT2D eigenvalue weighted by molar-refractivity contribution is 6.35. The zero-order valence-electron chi connectivity index (χ0n) is 11.0. The topological polar surface area (TPSA) is 55.6 Å². The fourth-order valence-electron chi connectivity index (χ4n) is 1.59. The van der Waals surface area contributed by atoms with Crippen molar-refractivity contribution in [2.75, 3.05) is 19.7 Å². The Kier molecular flexibility index (Phi) is 6.42. The van der Waals surface area contributed by atoms with E-state index in [4.69, 9.17) is 33.7 Å². The normalized spacial score (nSPS) is 11.1. The Balaban J connectivity index is 2.49. The summed E-state index contributed by atoms with van der Waals surface area (Å²) in [4.78, 5) is 12.9. The number of nitrogens with zero attached hydrogens (tertiary/aromatic N) is 1. The van der Waals surface area contributed by atoms with Crippen molar-refractivity contribution in [3.8, 4) is 5.75 Å². The number of nitrogens with two attached hydrogens (primary N) is 1. The van der Waals surface area contributed by atoms with Crippen LogP contribution in [0.1, 0.15) is 13.8 Å². The third-order valence-electron chi connectivity index (χ3n) is 2.62. The summed E-state index contributed by atoms with van der Waals surface area (Å²) in [6.45, 7) is 5.23. The molecule has 0 unspecified atom stereocenters. The van der Waals surface area contributed by atoms with Crippen LogP contribution in [-0.4, -0.2) is 36.5 Å². The van der Waals surface area contributed by atoms with Crippen molar-refractivity contribution in [3.63, 3.8) is 0 Å². The number of ether oxygens (including phenoxy) is 1. The van der Waals surface area contributed by atoms with Crippen molar-refractivity contribution in [1.29, 1.82) is 0 Å². The van der Waals surface area contributed by atoms with Gasteiger partial charge in [0.25, 0.3) is 0 Å². The lowest BCUT2D eigenvalue weighted by Gasteiger charge is -2.24. The van der Waals surface area contributed by atoms with Gasteiger partial charge in [0.05, 0.1) is 11.6 Å². The quantitative estimate of drug-likeness (QED) is 0.842. The molecule has 1 aromatic rings. The summed E-state index contributed by atoms with van der Waals surface area (Å²) in [5, 5.41) is 1.04. The van der Waals surface area contributed by atoms with Crippen LogP contribution in [0.2, 0.25) is 10.0 Å². The lowest BCUT2D eigenvalue weighted by atomic mass is 10.3. The van der Waals surface area contributed by atoms with Crippen LogP contribution in [0.25, 0.3) is 0 Å². The molecular formula is C13H18Cl2N2O2. The van der Waals surface area contributed by atoms with E-state index in [2.05, 4.69) is 0 Å². The largest absolute Gasteiger partial charge is 0.491 e. The molecule has 0 saturated carbocycles. The Hall–Kier alpha value is -0.970. The predicted molar refractivity (Wildman–Crippen MR) is 77.9 cm³/mol. The maximum Gasteiger partial charge on any atom is 0.231 e. The summed E-state index contributed by atoms with van der Waals surface area (Å²) < 4.78 is 5.57. The second kappa shape index (κ2) is 7.58. The summed E-state index contributed by atoms with van der Waals surface area (Å²) in [5.74, 6) is 0.229. The van der Waals surface area contributed by atoms with Crippen LogP contribution in [0, 0.1) is 0 Å². The third-order valence-corrected chi connectivity index (χ3v) is 3.15. The van der Waals surface area contributed by atoms with Gasteiger partial charge in [0.1, 0.15) is 12.4 Å². The lowest BCUT2D eigenvalue weighted by molar-refractivity contribution is -0.119. The van der Waals surface area contributed by atoms with Gasteiger partial charge in [-0.1, -0.05) is 23.2 Å². The van der Waals surface area contributed by atoms with Crippen LogP contribution in [0.5, 0.6) is 5.75 Å². The van der Waals surface area contributed by atoms with E-state index < -0.39 is 0 Å². The fourth-order valence-corrected chi connectivity index (χ4v) is 2.05. The number of carbonyl (C=O) groups excluding carboxylic acids is 1. The molecular weight excluding hydrogens is 287 g/mol. The number of benzene rings is 1. The molecule has 0 aliphatic carbocycles. The summed E-state index contributed by atoms with van der Waals surface area (Å²) in [5.41, 5.74) is 5.20. The van der Waals surface area contributed by atoms with Gasteiger partial charge in [-0.15, -0.1) is 0 Å².